The number of carboxylic acids is 1. The number of hydrogen-bond donors (Lipinski definition) is 6. The van der Waals surface area contributed by atoms with E-state index >= 15 is 0 Å². The Morgan fingerprint density at radius 2 is 0.789 bits per heavy atom. The SMILES string of the molecule is CC(=O)N[C@H]1[C@@H](OP(=O)([O-])OP(=O)([O-])OC/C=C(/C)CC/C=C(/C)CC/C=C(/C)CC/C=C(/C)CC/C=C(/C)CC/C=C(/C)CC/C=C(/C)CC/C=C(/C)CC/C=C(\C)CC/C=C(\C)CCC=C(C)C)O[C@H](CO)[C@H](O)[C@@H]1O[C@@H]1O[C@H](C(=O)[O-])[C@H](O)[C@H](O)[C@H]1O. The van der Waals surface area contributed by atoms with Crippen molar-refractivity contribution in [3.8, 4) is 0 Å². The molecule has 2 saturated heterocycles. The third-order valence-electron chi connectivity index (χ3n) is 15.8. The third-order valence-corrected chi connectivity index (χ3v) is 18.3. The highest BCUT2D eigenvalue weighted by molar-refractivity contribution is 7.59. The molecule has 90 heavy (non-hydrogen) atoms. The van der Waals surface area contributed by atoms with Crippen molar-refractivity contribution in [1.29, 1.82) is 0 Å². The lowest BCUT2D eigenvalue weighted by Gasteiger charge is -2.48. The van der Waals surface area contributed by atoms with Gasteiger partial charge in [-0.2, -0.15) is 0 Å². The van der Waals surface area contributed by atoms with Gasteiger partial charge in [0.25, 0.3) is 15.6 Å². The first-order chi connectivity index (χ1) is 42.3. The fraction of sp³-hybridized carbons (Fsp3) is 0.652. The summed E-state index contributed by atoms with van der Waals surface area (Å²) in [5, 5.41) is 65.2. The average molecular weight is 1300 g/mol. The summed E-state index contributed by atoms with van der Waals surface area (Å²) in [6.45, 7) is 25.4. The normalized spacial score (nSPS) is 25.5. The van der Waals surface area contributed by atoms with Crippen LogP contribution in [0, 0.1) is 0 Å². The van der Waals surface area contributed by atoms with Crippen molar-refractivity contribution in [1.82, 2.24) is 5.32 Å². The van der Waals surface area contributed by atoms with Crippen LogP contribution in [0.5, 0.6) is 0 Å². The van der Waals surface area contributed by atoms with E-state index in [1.54, 1.807) is 6.92 Å². The molecule has 2 rings (SSSR count). The van der Waals surface area contributed by atoms with E-state index in [9.17, 15) is 59.1 Å². The summed E-state index contributed by atoms with van der Waals surface area (Å²) in [5.41, 5.74) is 15.0. The zero-order valence-electron chi connectivity index (χ0n) is 56.1. The summed E-state index contributed by atoms with van der Waals surface area (Å²) in [4.78, 5) is 49.4. The fourth-order valence-electron chi connectivity index (χ4n) is 10.1. The molecule has 0 aromatic rings. The average Bonchev–Trinajstić information content (AvgIpc) is 0.867. The van der Waals surface area contributed by atoms with Gasteiger partial charge in [-0.15, -0.1) is 0 Å². The highest BCUT2D eigenvalue weighted by atomic mass is 31.3. The van der Waals surface area contributed by atoms with Gasteiger partial charge >= 0.3 is 0 Å². The van der Waals surface area contributed by atoms with Gasteiger partial charge < -0.3 is 69.3 Å². The maximum atomic E-state index is 13.0. The van der Waals surface area contributed by atoms with Gasteiger partial charge in [0.2, 0.25) is 5.91 Å². The zero-order valence-corrected chi connectivity index (χ0v) is 57.9. The summed E-state index contributed by atoms with van der Waals surface area (Å²) in [6.07, 6.45) is 26.4. The van der Waals surface area contributed by atoms with Gasteiger partial charge in [-0.05, 0) is 212 Å². The van der Waals surface area contributed by atoms with Crippen molar-refractivity contribution in [2.24, 2.45) is 0 Å². The summed E-state index contributed by atoms with van der Waals surface area (Å²) in [6, 6.07) is -1.93. The minimum absolute atomic E-state index is 0.551. The maximum absolute atomic E-state index is 13.0. The summed E-state index contributed by atoms with van der Waals surface area (Å²) in [5.74, 6) is -2.94. The standard InChI is InChI=1S/C69H113NO18P2/c1-47(2)24-14-25-48(3)26-15-27-49(4)28-16-29-50(5)30-17-31-51(6)32-18-33-52(7)34-19-35-53(8)36-20-37-54(9)38-21-39-55(10)40-22-41-56(11)42-23-43-57(12)44-45-83-89(79,80)88-90(81,82)87-68-60(70-58(13)72)65(61(73)59(46-71)84-68)85-69-64(76)62(74)63(75)66(86-69)67(77)78/h24,26,28,30,32,34,36,38,40,42,44,59-66,68-69,71,73-76H,14-23,25,27,29,31,33,35,37,39,41,43,45-46H2,1-13H3,(H,70,72)(H,77,78)(H,79,80)(H,81,82)/p-3/b48-26+,49-28+,50-30-,51-32-,52-34-,53-36-,54-38-,55-40-,56-42-,57-44-/t59-,60-,61+,62+,63-,64-,65-,66+,68-,69-/m1/s1. The maximum Gasteiger partial charge on any atom is 0.276 e. The van der Waals surface area contributed by atoms with Gasteiger partial charge in [-0.3, -0.25) is 18.4 Å². The van der Waals surface area contributed by atoms with Crippen molar-refractivity contribution in [3.05, 3.63) is 128 Å². The van der Waals surface area contributed by atoms with Crippen LogP contribution >= 0.6 is 15.6 Å². The minimum atomic E-state index is -6.01. The number of hydrogen-bond acceptors (Lipinski definition) is 18. The molecule has 2 aliphatic heterocycles. The second-order valence-electron chi connectivity index (χ2n) is 24.8. The second-order valence-corrected chi connectivity index (χ2v) is 27.7. The van der Waals surface area contributed by atoms with Crippen LogP contribution in [0.3, 0.4) is 0 Å². The lowest BCUT2D eigenvalue weighted by Crippen LogP contribution is -2.68. The van der Waals surface area contributed by atoms with Crippen LogP contribution in [0.25, 0.3) is 0 Å². The number of aliphatic hydroxyl groups is 5. The van der Waals surface area contributed by atoms with Crippen molar-refractivity contribution in [3.63, 3.8) is 0 Å². The largest absolute Gasteiger partial charge is 0.756 e. The van der Waals surface area contributed by atoms with E-state index in [1.807, 2.05) is 0 Å². The van der Waals surface area contributed by atoms with Gasteiger partial charge in [-0.1, -0.05) is 128 Å². The van der Waals surface area contributed by atoms with Crippen LogP contribution in [0.4, 0.5) is 0 Å². The number of aliphatic hydroxyl groups excluding tert-OH is 5. The number of phosphoric acid groups is 2. The van der Waals surface area contributed by atoms with Crippen molar-refractivity contribution in [2.45, 2.75) is 280 Å². The Balaban J connectivity index is 1.71. The van der Waals surface area contributed by atoms with Crippen molar-refractivity contribution < 1.29 is 86.7 Å². The monoisotopic (exact) mass is 1300 g/mol. The molecule has 0 spiro atoms. The van der Waals surface area contributed by atoms with Crippen LogP contribution < -0.4 is 20.2 Å². The lowest BCUT2D eigenvalue weighted by atomic mass is 9.95. The van der Waals surface area contributed by atoms with Crippen LogP contribution in [-0.2, 0) is 46.3 Å². The number of phosphoric ester groups is 2. The topological polar surface area (TPSA) is 306 Å². The molecule has 19 nitrogen and oxygen atoms in total. The Labute approximate surface area is 538 Å². The first-order valence-corrected chi connectivity index (χ1v) is 34.9. The molecule has 21 heteroatoms. The zero-order chi connectivity index (χ0) is 67.6. The van der Waals surface area contributed by atoms with E-state index in [1.165, 1.54) is 61.8 Å². The number of carbonyl (C=O) groups excluding carboxylic acids is 2. The molecule has 0 bridgehead atoms. The molecule has 0 saturated carbocycles. The number of ether oxygens (including phenoxy) is 3. The Morgan fingerprint density at radius 3 is 1.10 bits per heavy atom. The molecule has 2 fully saturated rings. The number of nitrogens with one attached hydrogen (secondary N) is 1. The predicted octanol–water partition coefficient (Wildman–Crippen LogP) is 11.7. The molecule has 2 aliphatic rings. The number of carbonyl (C=O) groups is 2. The second kappa shape index (κ2) is 43.8. The first-order valence-electron chi connectivity index (χ1n) is 32.0. The van der Waals surface area contributed by atoms with Crippen molar-refractivity contribution >= 4 is 27.5 Å². The molecular weight excluding hydrogens is 1190 g/mol. The number of aliphatic carboxylic acids is 1. The van der Waals surface area contributed by atoms with Gasteiger partial charge in [0, 0.05) is 6.92 Å². The molecule has 0 radical (unpaired) electrons. The Bertz CT molecular complexity index is 2670. The van der Waals surface area contributed by atoms with E-state index in [-0.39, 0.29) is 0 Å². The molecule has 0 aromatic carbocycles. The highest BCUT2D eigenvalue weighted by Crippen LogP contribution is 2.57. The number of carboxylic acid groups (broad SMARTS) is 1. The molecule has 12 atom stereocenters. The van der Waals surface area contributed by atoms with Crippen LogP contribution in [0.1, 0.15) is 218 Å². The molecule has 6 N–H and O–H groups in total. The molecule has 2 heterocycles. The van der Waals surface area contributed by atoms with Crippen LogP contribution in [0.2, 0.25) is 0 Å². The highest BCUT2D eigenvalue weighted by Gasteiger charge is 2.52. The van der Waals surface area contributed by atoms with Gasteiger partial charge in [0.05, 0.1) is 19.2 Å². The van der Waals surface area contributed by atoms with Gasteiger partial charge in [0.15, 0.2) is 12.6 Å². The molecule has 512 valence electrons. The number of rotatable bonds is 42. The van der Waals surface area contributed by atoms with E-state index in [2.05, 4.69) is 147 Å². The molecule has 0 aliphatic carbocycles. The summed E-state index contributed by atoms with van der Waals surface area (Å²) < 4.78 is 55.3. The molecular formula is C69H110NO18P2-3. The minimum Gasteiger partial charge on any atom is -0.756 e. The van der Waals surface area contributed by atoms with Gasteiger partial charge in [0.1, 0.15) is 48.8 Å². The Hall–Kier alpha value is -3.98. The van der Waals surface area contributed by atoms with E-state index < -0.39 is 102 Å². The van der Waals surface area contributed by atoms with E-state index in [4.69, 9.17) is 23.3 Å². The quantitative estimate of drug-likeness (QED) is 0.0244. The molecule has 0 aromatic heterocycles. The summed E-state index contributed by atoms with van der Waals surface area (Å²) in [7, 11) is -11.7. The number of allylic oxidation sites excluding steroid dienone is 21. The smallest absolute Gasteiger partial charge is 0.276 e. The van der Waals surface area contributed by atoms with Crippen LogP contribution in [0.15, 0.2) is 128 Å². The lowest BCUT2D eigenvalue weighted by molar-refractivity contribution is -0.364. The van der Waals surface area contributed by atoms with Crippen LogP contribution in [-0.4, -0.2) is 112 Å². The van der Waals surface area contributed by atoms with Gasteiger partial charge in [-0.25, -0.2) is 4.31 Å². The van der Waals surface area contributed by atoms with E-state index in [0.29, 0.717) is 12.8 Å². The van der Waals surface area contributed by atoms with Crippen molar-refractivity contribution in [2.75, 3.05) is 13.2 Å². The predicted molar refractivity (Wildman–Crippen MR) is 349 cm³/mol. The first kappa shape index (κ1) is 82.1. The molecule has 1 amide bonds. The summed E-state index contributed by atoms with van der Waals surface area (Å²) >= 11 is 0. The molecule has 2 unspecified atom stereocenters. The fourth-order valence-corrected chi connectivity index (χ4v) is 12.1. The Morgan fingerprint density at radius 1 is 0.456 bits per heavy atom. The third kappa shape index (κ3) is 35.3. The Kier molecular flexibility index (Phi) is 40.0. The number of amides is 1. The van der Waals surface area contributed by atoms with E-state index in [0.717, 1.165) is 128 Å².